The highest BCUT2D eigenvalue weighted by Gasteiger charge is 2.00. The molecule has 1 N–H and O–H groups in total. The zero-order chi connectivity index (χ0) is 13.2. The molecule has 1 rings (SSSR count). The highest BCUT2D eigenvalue weighted by Crippen LogP contribution is 2.13. The minimum atomic E-state index is -0.468. The second-order valence-corrected chi connectivity index (χ2v) is 4.83. The Hall–Kier alpha value is -1.25. The maximum absolute atomic E-state index is 11.0. The summed E-state index contributed by atoms with van der Waals surface area (Å²) in [5, 5.41) is 9.26. The Kier molecular flexibility index (Phi) is 7.23. The molecule has 0 amide bonds. The van der Waals surface area contributed by atoms with Crippen molar-refractivity contribution in [3.05, 3.63) is 28.3 Å². The normalized spacial score (nSPS) is 10.7. The van der Waals surface area contributed by atoms with Gasteiger partial charge in [0.15, 0.2) is 0 Å². The predicted octanol–water partition coefficient (Wildman–Crippen LogP) is 4.03. The van der Waals surface area contributed by atoms with Gasteiger partial charge in [-0.15, -0.1) is 0 Å². The van der Waals surface area contributed by atoms with E-state index in [9.17, 15) is 9.90 Å². The van der Waals surface area contributed by atoms with Crippen molar-refractivity contribution < 1.29 is 9.52 Å². The summed E-state index contributed by atoms with van der Waals surface area (Å²) in [6.45, 7) is 2.23. The van der Waals surface area contributed by atoms with Crippen LogP contribution in [0.1, 0.15) is 64.1 Å². The lowest BCUT2D eigenvalue weighted by Gasteiger charge is -2.02. The number of rotatable bonds is 9. The fraction of sp³-hybridized carbons (Fsp3) is 0.667. The van der Waals surface area contributed by atoms with Crippen LogP contribution in [0.15, 0.2) is 21.3 Å². The molecular weight excluding hydrogens is 228 g/mol. The van der Waals surface area contributed by atoms with E-state index in [1.807, 2.05) is 0 Å². The highest BCUT2D eigenvalue weighted by atomic mass is 16.4. The van der Waals surface area contributed by atoms with Crippen LogP contribution in [0.2, 0.25) is 0 Å². The monoisotopic (exact) mass is 252 g/mol. The molecule has 0 radical (unpaired) electrons. The molecule has 0 aromatic carbocycles. The first-order valence-electron chi connectivity index (χ1n) is 7.05. The lowest BCUT2D eigenvalue weighted by Crippen LogP contribution is -1.98. The molecule has 0 aliphatic rings. The van der Waals surface area contributed by atoms with Crippen LogP contribution in [0.3, 0.4) is 0 Å². The zero-order valence-electron chi connectivity index (χ0n) is 11.3. The van der Waals surface area contributed by atoms with Crippen LogP contribution < -0.4 is 5.63 Å². The van der Waals surface area contributed by atoms with Crippen LogP contribution in [-0.4, -0.2) is 5.11 Å². The molecule has 3 nitrogen and oxygen atoms in total. The van der Waals surface area contributed by atoms with Gasteiger partial charge in [-0.3, -0.25) is 0 Å². The van der Waals surface area contributed by atoms with Crippen molar-refractivity contribution in [2.75, 3.05) is 0 Å². The van der Waals surface area contributed by atoms with Gasteiger partial charge >= 0.3 is 5.63 Å². The smallest absolute Gasteiger partial charge is 0.339 e. The minimum absolute atomic E-state index is 0.000755. The standard InChI is InChI=1S/C15H24O3/c1-2-3-4-5-6-7-8-9-10-14-11-13(16)12-15(17)18-14/h11-12,16H,2-10H2,1H3. The Morgan fingerprint density at radius 3 is 2.22 bits per heavy atom. The largest absolute Gasteiger partial charge is 0.508 e. The summed E-state index contributed by atoms with van der Waals surface area (Å²) in [5.74, 6) is 0.590. The fourth-order valence-electron chi connectivity index (χ4n) is 2.07. The Morgan fingerprint density at radius 2 is 1.61 bits per heavy atom. The Balaban J connectivity index is 2.09. The number of unbranched alkanes of at least 4 members (excludes halogenated alkanes) is 7. The van der Waals surface area contributed by atoms with Crippen LogP contribution in [0.4, 0.5) is 0 Å². The Bertz CT molecular complexity index is 382. The molecule has 0 bridgehead atoms. The molecule has 102 valence electrons. The molecule has 0 fully saturated rings. The molecular formula is C15H24O3. The first-order chi connectivity index (χ1) is 8.72. The van der Waals surface area contributed by atoms with E-state index in [-0.39, 0.29) is 5.75 Å². The predicted molar refractivity (Wildman–Crippen MR) is 73.0 cm³/mol. The van der Waals surface area contributed by atoms with E-state index >= 15 is 0 Å². The van der Waals surface area contributed by atoms with Crippen LogP contribution >= 0.6 is 0 Å². The summed E-state index contributed by atoms with van der Waals surface area (Å²) in [6.07, 6.45) is 10.7. The highest BCUT2D eigenvalue weighted by molar-refractivity contribution is 5.18. The first kappa shape index (κ1) is 14.8. The maximum atomic E-state index is 11.0. The van der Waals surface area contributed by atoms with Gasteiger partial charge in [0.1, 0.15) is 11.5 Å². The summed E-state index contributed by atoms with van der Waals surface area (Å²) in [4.78, 5) is 11.0. The summed E-state index contributed by atoms with van der Waals surface area (Å²) >= 11 is 0. The Labute approximate surface area is 109 Å². The molecule has 0 spiro atoms. The quantitative estimate of drug-likeness (QED) is 0.675. The van der Waals surface area contributed by atoms with Crippen molar-refractivity contribution in [3.8, 4) is 5.75 Å². The van der Waals surface area contributed by atoms with Gasteiger partial charge in [0.05, 0.1) is 6.07 Å². The fourth-order valence-corrected chi connectivity index (χ4v) is 2.07. The molecule has 3 heteroatoms. The van der Waals surface area contributed by atoms with Crippen LogP contribution in [0.5, 0.6) is 5.75 Å². The van der Waals surface area contributed by atoms with E-state index in [1.54, 1.807) is 0 Å². The van der Waals surface area contributed by atoms with Gasteiger partial charge in [-0.05, 0) is 6.42 Å². The maximum Gasteiger partial charge on any atom is 0.339 e. The third-order valence-electron chi connectivity index (χ3n) is 3.08. The van der Waals surface area contributed by atoms with E-state index < -0.39 is 5.63 Å². The average Bonchev–Trinajstić information content (AvgIpc) is 2.31. The van der Waals surface area contributed by atoms with Gasteiger partial charge in [-0.25, -0.2) is 4.79 Å². The van der Waals surface area contributed by atoms with E-state index in [0.717, 1.165) is 25.3 Å². The van der Waals surface area contributed by atoms with Gasteiger partial charge in [0, 0.05) is 12.5 Å². The number of hydrogen-bond acceptors (Lipinski definition) is 3. The van der Waals surface area contributed by atoms with Crippen LogP contribution in [0, 0.1) is 0 Å². The molecule has 1 heterocycles. The molecule has 0 saturated carbocycles. The molecule has 0 atom stereocenters. The van der Waals surface area contributed by atoms with Crippen molar-refractivity contribution in [2.45, 2.75) is 64.7 Å². The molecule has 1 aromatic heterocycles. The van der Waals surface area contributed by atoms with Gasteiger partial charge in [0.2, 0.25) is 0 Å². The second-order valence-electron chi connectivity index (χ2n) is 4.83. The van der Waals surface area contributed by atoms with Crippen LogP contribution in [0.25, 0.3) is 0 Å². The van der Waals surface area contributed by atoms with Crippen molar-refractivity contribution in [1.82, 2.24) is 0 Å². The van der Waals surface area contributed by atoms with Crippen molar-refractivity contribution >= 4 is 0 Å². The van der Waals surface area contributed by atoms with Gasteiger partial charge < -0.3 is 9.52 Å². The summed E-state index contributed by atoms with van der Waals surface area (Å²) < 4.78 is 5.00. The lowest BCUT2D eigenvalue weighted by molar-refractivity contribution is 0.418. The van der Waals surface area contributed by atoms with E-state index in [2.05, 4.69) is 6.92 Å². The molecule has 1 aromatic rings. The zero-order valence-corrected chi connectivity index (χ0v) is 11.3. The topological polar surface area (TPSA) is 50.4 Å². The third kappa shape index (κ3) is 6.48. The SMILES string of the molecule is CCCCCCCCCCc1cc(O)cc(=O)o1. The summed E-state index contributed by atoms with van der Waals surface area (Å²) in [5.41, 5.74) is -0.468. The molecule has 0 unspecified atom stereocenters. The second kappa shape index (κ2) is 8.78. The lowest BCUT2D eigenvalue weighted by atomic mass is 10.1. The number of aromatic hydroxyl groups is 1. The van der Waals surface area contributed by atoms with Crippen LogP contribution in [-0.2, 0) is 6.42 Å². The van der Waals surface area contributed by atoms with E-state index in [4.69, 9.17) is 4.42 Å². The summed E-state index contributed by atoms with van der Waals surface area (Å²) in [7, 11) is 0. The number of aryl methyl sites for hydroxylation is 1. The minimum Gasteiger partial charge on any atom is -0.508 e. The molecule has 0 aliphatic carbocycles. The Morgan fingerprint density at radius 1 is 1.00 bits per heavy atom. The molecule has 18 heavy (non-hydrogen) atoms. The summed E-state index contributed by atoms with van der Waals surface area (Å²) in [6, 6.07) is 2.62. The first-order valence-corrected chi connectivity index (χ1v) is 7.05. The molecule has 0 saturated heterocycles. The van der Waals surface area contributed by atoms with E-state index in [1.165, 1.54) is 44.6 Å². The third-order valence-corrected chi connectivity index (χ3v) is 3.08. The van der Waals surface area contributed by atoms with Gasteiger partial charge in [0.25, 0.3) is 0 Å². The van der Waals surface area contributed by atoms with Gasteiger partial charge in [-0.1, -0.05) is 51.9 Å². The average molecular weight is 252 g/mol. The van der Waals surface area contributed by atoms with Crippen molar-refractivity contribution in [3.63, 3.8) is 0 Å². The number of hydrogen-bond donors (Lipinski definition) is 1. The van der Waals surface area contributed by atoms with E-state index in [0.29, 0.717) is 5.76 Å². The van der Waals surface area contributed by atoms with Gasteiger partial charge in [-0.2, -0.15) is 0 Å². The van der Waals surface area contributed by atoms with Crippen molar-refractivity contribution in [1.29, 1.82) is 0 Å². The molecule has 0 aliphatic heterocycles. The van der Waals surface area contributed by atoms with Crippen molar-refractivity contribution in [2.24, 2.45) is 0 Å².